The minimum atomic E-state index is -0.326. The third-order valence-electron chi connectivity index (χ3n) is 7.14. The van der Waals surface area contributed by atoms with Gasteiger partial charge < -0.3 is 15.4 Å². The van der Waals surface area contributed by atoms with Crippen LogP contribution in [0.3, 0.4) is 0 Å². The van der Waals surface area contributed by atoms with Crippen LogP contribution in [0, 0.1) is 6.92 Å². The Hall–Kier alpha value is -4.74. The highest BCUT2D eigenvalue weighted by molar-refractivity contribution is 8.00. The maximum Gasteiger partial charge on any atom is 0.267 e. The van der Waals surface area contributed by atoms with Crippen molar-refractivity contribution in [1.29, 1.82) is 0 Å². The third-order valence-corrected chi connectivity index (χ3v) is 8.68. The lowest BCUT2D eigenvalue weighted by atomic mass is 9.87. The molecule has 0 heterocycles. The zero-order valence-electron chi connectivity index (χ0n) is 25.2. The van der Waals surface area contributed by atoms with Gasteiger partial charge >= 0.3 is 0 Å². The van der Waals surface area contributed by atoms with Crippen molar-refractivity contribution in [3.8, 4) is 5.75 Å². The molecule has 4 aromatic rings. The molecule has 0 aliphatic heterocycles. The number of ether oxygens (including phenoxy) is 1. The minimum absolute atomic E-state index is 0.248. The number of hydrogen-bond donors (Lipinski definition) is 2. The number of carbonyl (C=O) groups excluding carboxylic acids is 1. The Labute approximate surface area is 266 Å². The molecule has 0 spiro atoms. The number of benzene rings is 4. The van der Waals surface area contributed by atoms with Crippen molar-refractivity contribution in [3.05, 3.63) is 181 Å². The lowest BCUT2D eigenvalue weighted by Gasteiger charge is -2.34. The molecule has 1 amide bonds. The second-order valence-electron chi connectivity index (χ2n) is 10.2. The fraction of sp³-hybridized carbons (Fsp3) is 0.154. The van der Waals surface area contributed by atoms with Gasteiger partial charge in [0.1, 0.15) is 12.4 Å². The lowest BCUT2D eigenvalue weighted by Crippen LogP contribution is -2.31. The van der Waals surface area contributed by atoms with Gasteiger partial charge in [0.15, 0.2) is 0 Å². The van der Waals surface area contributed by atoms with Gasteiger partial charge in [-0.15, -0.1) is 11.8 Å². The number of amides is 1. The van der Waals surface area contributed by atoms with Gasteiger partial charge in [-0.1, -0.05) is 147 Å². The van der Waals surface area contributed by atoms with E-state index < -0.39 is 0 Å². The lowest BCUT2D eigenvalue weighted by molar-refractivity contribution is -0.117. The van der Waals surface area contributed by atoms with Gasteiger partial charge in [-0.2, -0.15) is 0 Å². The zero-order valence-corrected chi connectivity index (χ0v) is 26.1. The van der Waals surface area contributed by atoms with Crippen LogP contribution < -0.4 is 15.4 Å². The number of aryl methyl sites for hydroxylation is 1. The van der Waals surface area contributed by atoms with Crippen molar-refractivity contribution in [1.82, 2.24) is 5.32 Å². The number of anilines is 1. The van der Waals surface area contributed by atoms with Crippen molar-refractivity contribution < 1.29 is 9.53 Å². The van der Waals surface area contributed by atoms with Crippen LogP contribution in [0.4, 0.5) is 5.69 Å². The molecule has 0 aromatic heterocycles. The van der Waals surface area contributed by atoms with Crippen LogP contribution in [-0.2, 0) is 16.1 Å². The summed E-state index contributed by atoms with van der Waals surface area (Å²) >= 11 is 1.83. The summed E-state index contributed by atoms with van der Waals surface area (Å²) in [4.78, 5) is 13.1. The van der Waals surface area contributed by atoms with Gasteiger partial charge in [0.05, 0.1) is 16.1 Å². The van der Waals surface area contributed by atoms with Crippen LogP contribution in [0.15, 0.2) is 158 Å². The van der Waals surface area contributed by atoms with Crippen LogP contribution in [0.2, 0.25) is 0 Å². The van der Waals surface area contributed by atoms with E-state index >= 15 is 0 Å². The first-order valence-corrected chi connectivity index (χ1v) is 15.7. The first kappa shape index (κ1) is 32.2. The summed E-state index contributed by atoms with van der Waals surface area (Å²) in [5.41, 5.74) is 5.47. The Morgan fingerprint density at radius 2 is 1.48 bits per heavy atom. The summed E-state index contributed by atoms with van der Waals surface area (Å²) in [6, 6.07) is 36.9. The Morgan fingerprint density at radius 3 is 2.11 bits per heavy atom. The maximum absolute atomic E-state index is 13.1. The smallest absolute Gasteiger partial charge is 0.267 e. The Bertz CT molecular complexity index is 1520. The summed E-state index contributed by atoms with van der Waals surface area (Å²) in [7, 11) is 0. The monoisotopic (exact) mass is 600 g/mol. The second-order valence-corrected chi connectivity index (χ2v) is 11.6. The van der Waals surface area contributed by atoms with E-state index in [2.05, 4.69) is 84.5 Å². The standard InChI is InChI=1S/C39H40N2O2S/c1-4-5-6-7-17-27-39(34-22-13-9-14-23-34,35-24-15-10-16-25-35)44-29-28-40-38(42)32(3)41-37-31(2)19-18-26-36(37)43-30-33-20-11-8-12-21-33/h4-26,41H,1,3,27-30H2,2H3,(H,40,42)/b6-5-,17-7-. The van der Waals surface area contributed by atoms with Crippen molar-refractivity contribution in [2.45, 2.75) is 24.7 Å². The van der Waals surface area contributed by atoms with E-state index in [-0.39, 0.29) is 16.4 Å². The van der Waals surface area contributed by atoms with Gasteiger partial charge in [0.25, 0.3) is 5.91 Å². The van der Waals surface area contributed by atoms with Crippen LogP contribution in [0.25, 0.3) is 0 Å². The molecule has 0 atom stereocenters. The molecule has 5 heteroatoms. The van der Waals surface area contributed by atoms with Crippen LogP contribution in [0.5, 0.6) is 5.75 Å². The molecule has 2 N–H and O–H groups in total. The van der Waals surface area contributed by atoms with E-state index in [9.17, 15) is 4.79 Å². The highest BCUT2D eigenvalue weighted by Gasteiger charge is 2.33. The maximum atomic E-state index is 13.1. The van der Waals surface area contributed by atoms with E-state index in [0.717, 1.165) is 23.2 Å². The summed E-state index contributed by atoms with van der Waals surface area (Å²) < 4.78 is 5.78. The molecule has 0 unspecified atom stereocenters. The molecule has 0 fully saturated rings. The summed E-state index contributed by atoms with van der Waals surface area (Å²) in [5, 5.41) is 6.26. The quantitative estimate of drug-likeness (QED) is 0.0766. The average molecular weight is 601 g/mol. The molecule has 0 bridgehead atoms. The molecule has 0 aliphatic rings. The van der Waals surface area contributed by atoms with Gasteiger partial charge in [0.2, 0.25) is 0 Å². The Morgan fingerprint density at radius 1 is 0.841 bits per heavy atom. The van der Waals surface area contributed by atoms with E-state index in [1.807, 2.05) is 91.5 Å². The van der Waals surface area contributed by atoms with E-state index in [1.54, 1.807) is 6.08 Å². The van der Waals surface area contributed by atoms with Crippen molar-refractivity contribution >= 4 is 23.4 Å². The average Bonchev–Trinajstić information content (AvgIpc) is 3.07. The van der Waals surface area contributed by atoms with Crippen molar-refractivity contribution in [3.63, 3.8) is 0 Å². The number of thioether (sulfide) groups is 1. The first-order chi connectivity index (χ1) is 21.5. The summed E-state index contributed by atoms with van der Waals surface area (Å²) in [6.07, 6.45) is 10.7. The van der Waals surface area contributed by atoms with Gasteiger partial charge in [-0.3, -0.25) is 4.79 Å². The van der Waals surface area contributed by atoms with Crippen molar-refractivity contribution in [2.24, 2.45) is 0 Å². The van der Waals surface area contributed by atoms with Crippen LogP contribution in [-0.4, -0.2) is 18.2 Å². The number of rotatable bonds is 16. The molecule has 224 valence electrons. The first-order valence-electron chi connectivity index (χ1n) is 14.7. The number of hydrogen-bond acceptors (Lipinski definition) is 4. The van der Waals surface area contributed by atoms with Crippen molar-refractivity contribution in [2.75, 3.05) is 17.6 Å². The predicted molar refractivity (Wildman–Crippen MR) is 187 cm³/mol. The number of allylic oxidation sites excluding steroid dienone is 5. The summed E-state index contributed by atoms with van der Waals surface area (Å²) in [6.45, 7) is 10.7. The SMILES string of the molecule is C=C/C=C\C=C/CC(SCCNC(=O)C(=C)Nc1c(C)cccc1OCc1ccccc1)(c1ccccc1)c1ccccc1. The van der Waals surface area contributed by atoms with Crippen LogP contribution >= 0.6 is 11.8 Å². The van der Waals surface area contributed by atoms with E-state index in [4.69, 9.17) is 4.74 Å². The predicted octanol–water partition coefficient (Wildman–Crippen LogP) is 8.98. The highest BCUT2D eigenvalue weighted by atomic mass is 32.2. The molecule has 0 saturated carbocycles. The molecule has 0 saturated heterocycles. The fourth-order valence-corrected chi connectivity index (χ4v) is 6.23. The topological polar surface area (TPSA) is 50.4 Å². The molecular weight excluding hydrogens is 561 g/mol. The molecule has 4 rings (SSSR count). The van der Waals surface area contributed by atoms with E-state index in [1.165, 1.54) is 11.1 Å². The number of nitrogens with one attached hydrogen (secondary N) is 2. The third kappa shape index (κ3) is 8.88. The molecular formula is C39H40N2O2S. The molecule has 0 radical (unpaired) electrons. The van der Waals surface area contributed by atoms with Crippen LogP contribution in [0.1, 0.15) is 28.7 Å². The van der Waals surface area contributed by atoms with Gasteiger partial charge in [-0.05, 0) is 41.7 Å². The molecule has 44 heavy (non-hydrogen) atoms. The molecule has 0 aliphatic carbocycles. The van der Waals surface area contributed by atoms with Gasteiger partial charge in [0, 0.05) is 12.3 Å². The molecule has 4 aromatic carbocycles. The zero-order chi connectivity index (χ0) is 31.0. The van der Waals surface area contributed by atoms with E-state index in [0.29, 0.717) is 24.7 Å². The highest BCUT2D eigenvalue weighted by Crippen LogP contribution is 2.46. The Kier molecular flexibility index (Phi) is 12.3. The fourth-order valence-electron chi connectivity index (χ4n) is 4.86. The summed E-state index contributed by atoms with van der Waals surface area (Å²) in [5.74, 6) is 1.13. The molecule has 4 nitrogen and oxygen atoms in total. The number of para-hydroxylation sites is 1. The Balaban J connectivity index is 1.42. The minimum Gasteiger partial charge on any atom is -0.487 e. The second kappa shape index (κ2) is 16.8. The largest absolute Gasteiger partial charge is 0.487 e. The number of carbonyl (C=O) groups is 1. The van der Waals surface area contributed by atoms with Gasteiger partial charge in [-0.25, -0.2) is 0 Å². The normalized spacial score (nSPS) is 11.4.